The lowest BCUT2D eigenvalue weighted by Gasteiger charge is -2.03. The van der Waals surface area contributed by atoms with Gasteiger partial charge in [-0.15, -0.1) is 0 Å². The van der Waals surface area contributed by atoms with Crippen LogP contribution < -0.4 is 5.73 Å². The van der Waals surface area contributed by atoms with Crippen LogP contribution in [0, 0.1) is 5.82 Å². The lowest BCUT2D eigenvalue weighted by molar-refractivity contribution is 0.626. The zero-order chi connectivity index (χ0) is 11.4. The molecule has 2 aromatic carbocycles. The molecule has 0 amide bonds. The second-order valence-electron chi connectivity index (χ2n) is 3.83. The molecule has 0 heterocycles. The van der Waals surface area contributed by atoms with Crippen molar-refractivity contribution in [2.45, 2.75) is 13.0 Å². The topological polar surface area (TPSA) is 26.0 Å². The summed E-state index contributed by atoms with van der Waals surface area (Å²) in [4.78, 5) is 0. The average molecular weight is 215 g/mol. The highest BCUT2D eigenvalue weighted by Crippen LogP contribution is 2.11. The van der Waals surface area contributed by atoms with Gasteiger partial charge in [0.05, 0.1) is 0 Å². The normalized spacial score (nSPS) is 10.4. The molecule has 1 nitrogen and oxygen atoms in total. The molecule has 0 aromatic heterocycles. The van der Waals surface area contributed by atoms with Gasteiger partial charge < -0.3 is 5.73 Å². The quantitative estimate of drug-likeness (QED) is 0.837. The Labute approximate surface area is 94.7 Å². The Morgan fingerprint density at radius 2 is 1.56 bits per heavy atom. The summed E-state index contributed by atoms with van der Waals surface area (Å²) in [5.74, 6) is -0.184. The molecule has 2 rings (SSSR count). The second kappa shape index (κ2) is 4.90. The van der Waals surface area contributed by atoms with Gasteiger partial charge in [0.15, 0.2) is 0 Å². The van der Waals surface area contributed by atoms with Crippen molar-refractivity contribution in [3.63, 3.8) is 0 Å². The third-order valence-corrected chi connectivity index (χ3v) is 2.56. The summed E-state index contributed by atoms with van der Waals surface area (Å²) in [6.07, 6.45) is 0.753. The highest BCUT2D eigenvalue weighted by Gasteiger charge is 1.98. The molecule has 0 aliphatic carbocycles. The van der Waals surface area contributed by atoms with E-state index in [0.29, 0.717) is 6.54 Å². The molecule has 0 bridgehead atoms. The van der Waals surface area contributed by atoms with Crippen LogP contribution in [0.2, 0.25) is 0 Å². The molecule has 0 aliphatic rings. The summed E-state index contributed by atoms with van der Waals surface area (Å²) >= 11 is 0. The lowest BCUT2D eigenvalue weighted by atomic mass is 10.0. The number of rotatable bonds is 3. The van der Waals surface area contributed by atoms with E-state index in [1.807, 2.05) is 30.3 Å². The van der Waals surface area contributed by atoms with Crippen LogP contribution in [0.15, 0.2) is 48.5 Å². The van der Waals surface area contributed by atoms with Gasteiger partial charge in [-0.25, -0.2) is 4.39 Å². The maximum atomic E-state index is 13.0. The molecule has 0 saturated heterocycles. The van der Waals surface area contributed by atoms with E-state index in [1.165, 1.54) is 11.6 Å². The van der Waals surface area contributed by atoms with Crippen molar-refractivity contribution in [3.8, 4) is 0 Å². The van der Waals surface area contributed by atoms with Crippen molar-refractivity contribution >= 4 is 0 Å². The third-order valence-electron chi connectivity index (χ3n) is 2.56. The Bertz CT molecular complexity index is 462. The van der Waals surface area contributed by atoms with Crippen LogP contribution in [0.1, 0.15) is 16.7 Å². The molecule has 2 N–H and O–H groups in total. The van der Waals surface area contributed by atoms with E-state index in [4.69, 9.17) is 5.73 Å². The third kappa shape index (κ3) is 2.67. The first-order chi connectivity index (χ1) is 7.78. The molecule has 2 heteroatoms. The number of nitrogens with two attached hydrogens (primary N) is 1. The SMILES string of the molecule is NCc1ccc(Cc2cccc(F)c2)cc1. The van der Waals surface area contributed by atoms with E-state index < -0.39 is 0 Å². The van der Waals surface area contributed by atoms with Gasteiger partial charge in [0.25, 0.3) is 0 Å². The zero-order valence-corrected chi connectivity index (χ0v) is 8.99. The first kappa shape index (κ1) is 10.8. The molecular weight excluding hydrogens is 201 g/mol. The van der Waals surface area contributed by atoms with Gasteiger partial charge in [0, 0.05) is 6.54 Å². The molecule has 0 saturated carbocycles. The maximum Gasteiger partial charge on any atom is 0.123 e. The summed E-state index contributed by atoms with van der Waals surface area (Å²) in [6, 6.07) is 14.8. The molecule has 0 aliphatic heterocycles. The van der Waals surface area contributed by atoms with E-state index >= 15 is 0 Å². The van der Waals surface area contributed by atoms with Gasteiger partial charge in [0.1, 0.15) is 5.82 Å². The predicted molar refractivity (Wildman–Crippen MR) is 63.5 cm³/mol. The number of hydrogen-bond donors (Lipinski definition) is 1. The van der Waals surface area contributed by atoms with Crippen molar-refractivity contribution in [2.24, 2.45) is 5.73 Å². The molecule has 0 fully saturated rings. The van der Waals surface area contributed by atoms with E-state index in [-0.39, 0.29) is 5.82 Å². The largest absolute Gasteiger partial charge is 0.326 e. The minimum absolute atomic E-state index is 0.184. The summed E-state index contributed by atoms with van der Waals surface area (Å²) in [5.41, 5.74) is 8.79. The Morgan fingerprint density at radius 3 is 2.19 bits per heavy atom. The highest BCUT2D eigenvalue weighted by molar-refractivity contribution is 5.28. The average Bonchev–Trinajstić information content (AvgIpc) is 2.30. The molecule has 0 radical (unpaired) electrons. The molecular formula is C14H14FN. The standard InChI is InChI=1S/C14H14FN/c15-14-3-1-2-13(9-14)8-11-4-6-12(10-16)7-5-11/h1-7,9H,8,10,16H2. The summed E-state index contributed by atoms with van der Waals surface area (Å²) in [7, 11) is 0. The van der Waals surface area contributed by atoms with E-state index in [0.717, 1.165) is 17.5 Å². The monoisotopic (exact) mass is 215 g/mol. The van der Waals surface area contributed by atoms with Gasteiger partial charge >= 0.3 is 0 Å². The molecule has 2 aromatic rings. The lowest BCUT2D eigenvalue weighted by Crippen LogP contribution is -1.96. The Kier molecular flexibility index (Phi) is 3.32. The number of halogens is 1. The Morgan fingerprint density at radius 1 is 0.875 bits per heavy atom. The minimum atomic E-state index is -0.184. The molecule has 82 valence electrons. The highest BCUT2D eigenvalue weighted by atomic mass is 19.1. The fourth-order valence-electron chi connectivity index (χ4n) is 1.68. The summed E-state index contributed by atoms with van der Waals surface area (Å²) in [6.45, 7) is 0.556. The van der Waals surface area contributed by atoms with Crippen LogP contribution in [0.5, 0.6) is 0 Å². The van der Waals surface area contributed by atoms with E-state index in [1.54, 1.807) is 12.1 Å². The maximum absolute atomic E-state index is 13.0. The van der Waals surface area contributed by atoms with Crippen LogP contribution in [0.25, 0.3) is 0 Å². The van der Waals surface area contributed by atoms with Crippen molar-refractivity contribution in [3.05, 3.63) is 71.0 Å². The van der Waals surface area contributed by atoms with Crippen LogP contribution >= 0.6 is 0 Å². The van der Waals surface area contributed by atoms with E-state index in [2.05, 4.69) is 0 Å². The molecule has 0 spiro atoms. The fraction of sp³-hybridized carbons (Fsp3) is 0.143. The van der Waals surface area contributed by atoms with Gasteiger partial charge in [-0.3, -0.25) is 0 Å². The van der Waals surface area contributed by atoms with Crippen LogP contribution in [-0.2, 0) is 13.0 Å². The van der Waals surface area contributed by atoms with Crippen molar-refractivity contribution < 1.29 is 4.39 Å². The van der Waals surface area contributed by atoms with Gasteiger partial charge in [-0.1, -0.05) is 36.4 Å². The van der Waals surface area contributed by atoms with Crippen molar-refractivity contribution in [2.75, 3.05) is 0 Å². The minimum Gasteiger partial charge on any atom is -0.326 e. The predicted octanol–water partition coefficient (Wildman–Crippen LogP) is 2.88. The molecule has 16 heavy (non-hydrogen) atoms. The van der Waals surface area contributed by atoms with Crippen LogP contribution in [-0.4, -0.2) is 0 Å². The fourth-order valence-corrected chi connectivity index (χ4v) is 1.68. The van der Waals surface area contributed by atoms with Gasteiger partial charge in [-0.05, 0) is 35.2 Å². The second-order valence-corrected chi connectivity index (χ2v) is 3.83. The Balaban J connectivity index is 2.14. The summed E-state index contributed by atoms with van der Waals surface area (Å²) < 4.78 is 13.0. The first-order valence-electron chi connectivity index (χ1n) is 5.30. The van der Waals surface area contributed by atoms with Crippen molar-refractivity contribution in [1.29, 1.82) is 0 Å². The van der Waals surface area contributed by atoms with Crippen molar-refractivity contribution in [1.82, 2.24) is 0 Å². The van der Waals surface area contributed by atoms with Gasteiger partial charge in [0.2, 0.25) is 0 Å². The zero-order valence-electron chi connectivity index (χ0n) is 8.99. The van der Waals surface area contributed by atoms with Gasteiger partial charge in [-0.2, -0.15) is 0 Å². The molecule has 0 atom stereocenters. The van der Waals surface area contributed by atoms with Crippen LogP contribution in [0.4, 0.5) is 4.39 Å². The van der Waals surface area contributed by atoms with Crippen LogP contribution in [0.3, 0.4) is 0 Å². The van der Waals surface area contributed by atoms with E-state index in [9.17, 15) is 4.39 Å². The first-order valence-corrected chi connectivity index (χ1v) is 5.30. The number of hydrogen-bond acceptors (Lipinski definition) is 1. The number of benzene rings is 2. The molecule has 0 unspecified atom stereocenters. The summed E-state index contributed by atoms with van der Waals surface area (Å²) in [5, 5.41) is 0. The smallest absolute Gasteiger partial charge is 0.123 e. The Hall–Kier alpha value is -1.67.